The maximum atomic E-state index is 3.63. The van der Waals surface area contributed by atoms with Gasteiger partial charge in [-0.1, -0.05) is 97.1 Å². The molecule has 2 nitrogen and oxygen atoms in total. The molecular weight excluding hydrogens is 412 g/mol. The number of rotatable bonds is 7. The van der Waals surface area contributed by atoms with Crippen molar-refractivity contribution in [3.05, 3.63) is 132 Å². The van der Waals surface area contributed by atoms with E-state index in [1.54, 1.807) is 0 Å². The number of benzene rings is 4. The van der Waals surface area contributed by atoms with Crippen molar-refractivity contribution in [3.63, 3.8) is 0 Å². The Morgan fingerprint density at radius 3 is 1.91 bits per heavy atom. The van der Waals surface area contributed by atoms with Crippen LogP contribution in [0.25, 0.3) is 22.0 Å². The first-order valence-electron chi connectivity index (χ1n) is 10.8. The molecule has 1 N–H and O–H groups in total. The van der Waals surface area contributed by atoms with Crippen LogP contribution in [0.1, 0.15) is 16.7 Å². The second-order valence-electron chi connectivity index (χ2n) is 7.95. The highest BCUT2D eigenvalue weighted by Gasteiger charge is 2.11. The van der Waals surface area contributed by atoms with E-state index in [9.17, 15) is 0 Å². The summed E-state index contributed by atoms with van der Waals surface area (Å²) < 4.78 is 2.37. The zero-order valence-corrected chi connectivity index (χ0v) is 18.8. The van der Waals surface area contributed by atoms with Crippen molar-refractivity contribution in [1.82, 2.24) is 9.88 Å². The predicted octanol–water partition coefficient (Wildman–Crippen LogP) is 7.07. The normalized spacial score (nSPS) is 10.8. The Morgan fingerprint density at radius 1 is 0.594 bits per heavy atom. The van der Waals surface area contributed by atoms with Gasteiger partial charge in [0.25, 0.3) is 0 Å². The molecule has 0 bridgehead atoms. The summed E-state index contributed by atoms with van der Waals surface area (Å²) in [4.78, 5) is 0. The largest absolute Gasteiger partial charge is 0.343 e. The van der Waals surface area contributed by atoms with Crippen LogP contribution in [0, 0.1) is 0 Å². The quantitative estimate of drug-likeness (QED) is 0.287. The molecule has 0 spiro atoms. The van der Waals surface area contributed by atoms with E-state index in [-0.39, 0.29) is 12.4 Å². The molecule has 3 heteroatoms. The van der Waals surface area contributed by atoms with Crippen molar-refractivity contribution in [2.24, 2.45) is 0 Å². The lowest BCUT2D eigenvalue weighted by Crippen LogP contribution is -2.12. The number of hydrogen-bond donors (Lipinski definition) is 1. The molecule has 0 saturated carbocycles. The Hall–Kier alpha value is -3.33. The molecule has 0 atom stereocenters. The van der Waals surface area contributed by atoms with Crippen LogP contribution in [0.3, 0.4) is 0 Å². The minimum atomic E-state index is 0. The van der Waals surface area contributed by atoms with E-state index in [2.05, 4.69) is 125 Å². The summed E-state index contributed by atoms with van der Waals surface area (Å²) in [5.41, 5.74) is 7.74. The van der Waals surface area contributed by atoms with Gasteiger partial charge in [0.1, 0.15) is 0 Å². The second kappa shape index (κ2) is 10.3. The third-order valence-electron chi connectivity index (χ3n) is 5.75. The lowest BCUT2D eigenvalue weighted by molar-refractivity contribution is 0.692. The van der Waals surface area contributed by atoms with E-state index < -0.39 is 0 Å². The van der Waals surface area contributed by atoms with Gasteiger partial charge in [0.2, 0.25) is 0 Å². The van der Waals surface area contributed by atoms with Crippen molar-refractivity contribution in [3.8, 4) is 11.1 Å². The van der Waals surface area contributed by atoms with Gasteiger partial charge in [-0.25, -0.2) is 0 Å². The Morgan fingerprint density at radius 2 is 1.22 bits per heavy atom. The number of nitrogens with one attached hydrogen (secondary N) is 1. The first-order chi connectivity index (χ1) is 15.4. The summed E-state index contributed by atoms with van der Waals surface area (Å²) in [5.74, 6) is 0. The lowest BCUT2D eigenvalue weighted by Gasteiger charge is -2.07. The fourth-order valence-electron chi connectivity index (χ4n) is 4.17. The van der Waals surface area contributed by atoms with Crippen LogP contribution in [0.2, 0.25) is 0 Å². The average Bonchev–Trinajstić information content (AvgIpc) is 3.17. The molecule has 160 valence electrons. The van der Waals surface area contributed by atoms with E-state index in [0.717, 1.165) is 19.6 Å². The third-order valence-corrected chi connectivity index (χ3v) is 5.75. The van der Waals surface area contributed by atoms with Crippen LogP contribution in [0.5, 0.6) is 0 Å². The molecule has 32 heavy (non-hydrogen) atoms. The maximum absolute atomic E-state index is 3.63. The zero-order chi connectivity index (χ0) is 20.9. The summed E-state index contributed by atoms with van der Waals surface area (Å²) in [7, 11) is 0. The van der Waals surface area contributed by atoms with Gasteiger partial charge >= 0.3 is 0 Å². The molecule has 0 aliphatic heterocycles. The number of fused-ring (bicyclic) bond motifs is 1. The van der Waals surface area contributed by atoms with Crippen molar-refractivity contribution in [2.75, 3.05) is 0 Å². The van der Waals surface area contributed by atoms with E-state index in [1.165, 1.54) is 38.7 Å². The van der Waals surface area contributed by atoms with E-state index in [1.807, 2.05) is 0 Å². The van der Waals surface area contributed by atoms with Crippen LogP contribution in [-0.4, -0.2) is 4.57 Å². The monoisotopic (exact) mass is 438 g/mol. The molecule has 0 aliphatic rings. The van der Waals surface area contributed by atoms with Crippen molar-refractivity contribution < 1.29 is 0 Å². The van der Waals surface area contributed by atoms with Gasteiger partial charge in [-0.15, -0.1) is 12.4 Å². The van der Waals surface area contributed by atoms with Gasteiger partial charge in [0, 0.05) is 36.7 Å². The predicted molar refractivity (Wildman–Crippen MR) is 137 cm³/mol. The third kappa shape index (κ3) is 4.94. The molecule has 4 aromatic carbocycles. The lowest BCUT2D eigenvalue weighted by atomic mass is 10.0. The summed E-state index contributed by atoms with van der Waals surface area (Å²) in [6, 6.07) is 38.7. The van der Waals surface area contributed by atoms with Crippen molar-refractivity contribution in [2.45, 2.75) is 19.6 Å². The van der Waals surface area contributed by atoms with Gasteiger partial charge in [0.05, 0.1) is 0 Å². The van der Waals surface area contributed by atoms with Crippen LogP contribution >= 0.6 is 12.4 Å². The van der Waals surface area contributed by atoms with Gasteiger partial charge in [0.15, 0.2) is 0 Å². The van der Waals surface area contributed by atoms with Crippen molar-refractivity contribution in [1.29, 1.82) is 0 Å². The fourth-order valence-corrected chi connectivity index (χ4v) is 4.17. The standard InChI is InChI=1S/C29H26N2.ClH/c1-4-10-23(11-5-1)19-30-20-27-22-31(21-24-12-6-2-7-13-24)29-17-16-26(18-28(27)29)25-14-8-3-9-15-25;/h1-18,22,30H,19-21H2;1H. The zero-order valence-electron chi connectivity index (χ0n) is 17.9. The molecule has 5 aromatic rings. The maximum Gasteiger partial charge on any atom is 0.0487 e. The first-order valence-corrected chi connectivity index (χ1v) is 10.8. The molecule has 0 fully saturated rings. The van der Waals surface area contributed by atoms with Crippen molar-refractivity contribution >= 4 is 23.3 Å². The van der Waals surface area contributed by atoms with Crippen LogP contribution in [0.15, 0.2) is 115 Å². The number of nitrogens with zero attached hydrogens (tertiary/aromatic N) is 1. The molecular formula is C29H27ClN2. The van der Waals surface area contributed by atoms with Gasteiger partial charge < -0.3 is 9.88 Å². The summed E-state index contributed by atoms with van der Waals surface area (Å²) in [6.07, 6.45) is 2.31. The Kier molecular flexibility index (Phi) is 7.06. The molecule has 1 heterocycles. The highest BCUT2D eigenvalue weighted by molar-refractivity contribution is 5.88. The van der Waals surface area contributed by atoms with Crippen LogP contribution in [0.4, 0.5) is 0 Å². The summed E-state index contributed by atoms with van der Waals surface area (Å²) in [5, 5.41) is 4.95. The highest BCUT2D eigenvalue weighted by atomic mass is 35.5. The first kappa shape index (κ1) is 21.9. The molecule has 0 aliphatic carbocycles. The topological polar surface area (TPSA) is 17.0 Å². The highest BCUT2D eigenvalue weighted by Crippen LogP contribution is 2.29. The molecule has 1 aromatic heterocycles. The minimum absolute atomic E-state index is 0. The second-order valence-corrected chi connectivity index (χ2v) is 7.95. The molecule has 0 unspecified atom stereocenters. The average molecular weight is 439 g/mol. The summed E-state index contributed by atoms with van der Waals surface area (Å²) in [6.45, 7) is 2.58. The van der Waals surface area contributed by atoms with E-state index >= 15 is 0 Å². The Balaban J connectivity index is 0.00000245. The SMILES string of the molecule is Cl.c1ccc(CNCc2cn(Cc3ccccc3)c3ccc(-c4ccccc4)cc23)cc1. The van der Waals surface area contributed by atoms with E-state index in [4.69, 9.17) is 0 Å². The fraction of sp³-hybridized carbons (Fsp3) is 0.103. The van der Waals surface area contributed by atoms with Gasteiger partial charge in [-0.3, -0.25) is 0 Å². The molecule has 5 rings (SSSR count). The minimum Gasteiger partial charge on any atom is -0.343 e. The van der Waals surface area contributed by atoms with Crippen LogP contribution in [-0.2, 0) is 19.6 Å². The Bertz CT molecular complexity index is 1260. The Labute approximate surface area is 196 Å². The van der Waals surface area contributed by atoms with E-state index in [0.29, 0.717) is 0 Å². The number of halogens is 1. The van der Waals surface area contributed by atoms with Crippen LogP contribution < -0.4 is 5.32 Å². The smallest absolute Gasteiger partial charge is 0.0487 e. The number of aromatic nitrogens is 1. The number of hydrogen-bond acceptors (Lipinski definition) is 1. The summed E-state index contributed by atoms with van der Waals surface area (Å²) >= 11 is 0. The molecule has 0 saturated heterocycles. The molecule has 0 amide bonds. The van der Waals surface area contributed by atoms with Gasteiger partial charge in [-0.2, -0.15) is 0 Å². The van der Waals surface area contributed by atoms with Gasteiger partial charge in [-0.05, 0) is 39.9 Å². The molecule has 0 radical (unpaired) electrons.